The van der Waals surface area contributed by atoms with Crippen LogP contribution in [0.4, 0.5) is 4.39 Å². The van der Waals surface area contributed by atoms with Crippen LogP contribution in [0, 0.1) is 5.82 Å². The summed E-state index contributed by atoms with van der Waals surface area (Å²) in [5.41, 5.74) is 0. The molecule has 1 fully saturated rings. The van der Waals surface area contributed by atoms with Gasteiger partial charge >= 0.3 is 5.97 Å². The molecule has 1 aliphatic heterocycles. The Labute approximate surface area is 111 Å². The molecule has 1 saturated heterocycles. The highest BCUT2D eigenvalue weighted by Crippen LogP contribution is 2.27. The van der Waals surface area contributed by atoms with Gasteiger partial charge in [0.05, 0.1) is 7.11 Å². The van der Waals surface area contributed by atoms with Gasteiger partial charge in [0.1, 0.15) is 16.8 Å². The van der Waals surface area contributed by atoms with E-state index in [4.69, 9.17) is 0 Å². The van der Waals surface area contributed by atoms with Gasteiger partial charge in [-0.15, -0.1) is 0 Å². The first-order valence-electron chi connectivity index (χ1n) is 5.82. The van der Waals surface area contributed by atoms with Gasteiger partial charge in [-0.05, 0) is 25.0 Å². The summed E-state index contributed by atoms with van der Waals surface area (Å²) in [6, 6.07) is 4.26. The van der Waals surface area contributed by atoms with Crippen LogP contribution in [0.25, 0.3) is 0 Å². The highest BCUT2D eigenvalue weighted by atomic mass is 32.2. The van der Waals surface area contributed by atoms with Gasteiger partial charge < -0.3 is 4.74 Å². The van der Waals surface area contributed by atoms with Gasteiger partial charge in [-0.1, -0.05) is 12.1 Å². The summed E-state index contributed by atoms with van der Waals surface area (Å²) in [6.07, 6.45) is 0.938. The van der Waals surface area contributed by atoms with Gasteiger partial charge in [0.2, 0.25) is 10.0 Å². The van der Waals surface area contributed by atoms with Crippen molar-refractivity contribution in [2.45, 2.75) is 23.8 Å². The third kappa shape index (κ3) is 2.48. The van der Waals surface area contributed by atoms with Crippen LogP contribution in [-0.4, -0.2) is 38.4 Å². The van der Waals surface area contributed by atoms with Crippen molar-refractivity contribution in [1.29, 1.82) is 0 Å². The second-order valence-corrected chi connectivity index (χ2v) is 6.09. The predicted octanol–water partition coefficient (Wildman–Crippen LogP) is 1.15. The highest BCUT2D eigenvalue weighted by molar-refractivity contribution is 7.89. The van der Waals surface area contributed by atoms with Crippen molar-refractivity contribution in [1.82, 2.24) is 4.31 Å². The maximum absolute atomic E-state index is 13.6. The first kappa shape index (κ1) is 14.0. The number of hydrogen-bond donors (Lipinski definition) is 0. The quantitative estimate of drug-likeness (QED) is 0.782. The van der Waals surface area contributed by atoms with Crippen LogP contribution in [0.15, 0.2) is 29.2 Å². The van der Waals surface area contributed by atoms with Gasteiger partial charge in [-0.2, -0.15) is 4.31 Å². The Kier molecular flexibility index (Phi) is 3.86. The molecule has 1 unspecified atom stereocenters. The fourth-order valence-electron chi connectivity index (χ4n) is 2.18. The Bertz CT molecular complexity index is 587. The summed E-state index contributed by atoms with van der Waals surface area (Å²) in [7, 11) is -2.81. The van der Waals surface area contributed by atoms with E-state index in [2.05, 4.69) is 4.74 Å². The molecule has 1 heterocycles. The van der Waals surface area contributed by atoms with Gasteiger partial charge in [-0.25, -0.2) is 12.8 Å². The van der Waals surface area contributed by atoms with Crippen molar-refractivity contribution in [2.75, 3.05) is 13.7 Å². The van der Waals surface area contributed by atoms with E-state index in [9.17, 15) is 17.6 Å². The first-order chi connectivity index (χ1) is 8.98. The molecule has 19 heavy (non-hydrogen) atoms. The van der Waals surface area contributed by atoms with E-state index in [1.807, 2.05) is 0 Å². The van der Waals surface area contributed by atoms with Crippen LogP contribution in [0.3, 0.4) is 0 Å². The number of hydrogen-bond acceptors (Lipinski definition) is 4. The lowest BCUT2D eigenvalue weighted by Gasteiger charge is -2.22. The summed E-state index contributed by atoms with van der Waals surface area (Å²) in [5.74, 6) is -1.43. The molecule has 1 aromatic rings. The fourth-order valence-corrected chi connectivity index (χ4v) is 3.89. The molecule has 0 N–H and O–H groups in total. The molecule has 0 amide bonds. The SMILES string of the molecule is COC(=O)C1CCCN1S(=O)(=O)c1ccccc1F. The normalized spacial score (nSPS) is 20.4. The summed E-state index contributed by atoms with van der Waals surface area (Å²) >= 11 is 0. The van der Waals surface area contributed by atoms with Crippen LogP contribution >= 0.6 is 0 Å². The molecular formula is C12H14FNO4S. The fraction of sp³-hybridized carbons (Fsp3) is 0.417. The molecule has 0 bridgehead atoms. The molecular weight excluding hydrogens is 273 g/mol. The van der Waals surface area contributed by atoms with Crippen LogP contribution in [-0.2, 0) is 19.6 Å². The molecule has 0 aromatic heterocycles. The molecule has 1 aromatic carbocycles. The summed E-state index contributed by atoms with van der Waals surface area (Å²) in [5, 5.41) is 0. The zero-order chi connectivity index (χ0) is 14.0. The van der Waals surface area contributed by atoms with Crippen LogP contribution in [0.2, 0.25) is 0 Å². The van der Waals surface area contributed by atoms with Gasteiger partial charge in [-0.3, -0.25) is 4.79 Å². The van der Waals surface area contributed by atoms with E-state index in [0.29, 0.717) is 12.8 Å². The third-order valence-electron chi connectivity index (χ3n) is 3.10. The minimum absolute atomic E-state index is 0.191. The summed E-state index contributed by atoms with van der Waals surface area (Å²) in [6.45, 7) is 0.191. The second kappa shape index (κ2) is 5.26. The lowest BCUT2D eigenvalue weighted by atomic mass is 10.2. The molecule has 1 atom stereocenters. The summed E-state index contributed by atoms with van der Waals surface area (Å²) < 4.78 is 44.0. The van der Waals surface area contributed by atoms with Crippen molar-refractivity contribution in [3.05, 3.63) is 30.1 Å². The standard InChI is InChI=1S/C12H14FNO4S/c1-18-12(15)10-6-4-8-14(10)19(16,17)11-7-3-2-5-9(11)13/h2-3,5,7,10H,4,6,8H2,1H3. The van der Waals surface area contributed by atoms with Gasteiger partial charge in [0.15, 0.2) is 0 Å². The van der Waals surface area contributed by atoms with E-state index in [0.717, 1.165) is 10.4 Å². The molecule has 0 aliphatic carbocycles. The number of esters is 1. The lowest BCUT2D eigenvalue weighted by Crippen LogP contribution is -2.41. The smallest absolute Gasteiger partial charge is 0.324 e. The van der Waals surface area contributed by atoms with Crippen molar-refractivity contribution >= 4 is 16.0 Å². The first-order valence-corrected chi connectivity index (χ1v) is 7.26. The number of ether oxygens (including phenoxy) is 1. The third-order valence-corrected chi connectivity index (χ3v) is 5.04. The number of rotatable bonds is 3. The van der Waals surface area contributed by atoms with E-state index in [1.54, 1.807) is 0 Å². The van der Waals surface area contributed by atoms with E-state index in [1.165, 1.54) is 25.3 Å². The number of benzene rings is 1. The zero-order valence-corrected chi connectivity index (χ0v) is 11.2. The van der Waals surface area contributed by atoms with Gasteiger partial charge in [0, 0.05) is 6.54 Å². The number of halogens is 1. The van der Waals surface area contributed by atoms with Crippen molar-refractivity contribution in [3.8, 4) is 0 Å². The second-order valence-electron chi connectivity index (χ2n) is 4.23. The maximum atomic E-state index is 13.6. The predicted molar refractivity (Wildman–Crippen MR) is 65.3 cm³/mol. The number of methoxy groups -OCH3 is 1. The van der Waals surface area contributed by atoms with E-state index >= 15 is 0 Å². The zero-order valence-electron chi connectivity index (χ0n) is 10.4. The molecule has 7 heteroatoms. The Morgan fingerprint density at radius 3 is 2.74 bits per heavy atom. The van der Waals surface area contributed by atoms with Crippen LogP contribution in [0.1, 0.15) is 12.8 Å². The Balaban J connectivity index is 2.40. The van der Waals surface area contributed by atoms with E-state index in [-0.39, 0.29) is 6.54 Å². The Morgan fingerprint density at radius 2 is 2.11 bits per heavy atom. The van der Waals surface area contributed by atoms with Crippen molar-refractivity contribution < 1.29 is 22.3 Å². The van der Waals surface area contributed by atoms with Crippen molar-refractivity contribution in [3.63, 3.8) is 0 Å². The van der Waals surface area contributed by atoms with Crippen LogP contribution in [0.5, 0.6) is 0 Å². The molecule has 2 rings (SSSR count). The molecule has 104 valence electrons. The number of carbonyl (C=O) groups is 1. The average molecular weight is 287 g/mol. The maximum Gasteiger partial charge on any atom is 0.324 e. The molecule has 0 spiro atoms. The number of carbonyl (C=O) groups excluding carboxylic acids is 1. The number of nitrogens with zero attached hydrogens (tertiary/aromatic N) is 1. The largest absolute Gasteiger partial charge is 0.468 e. The monoisotopic (exact) mass is 287 g/mol. The van der Waals surface area contributed by atoms with Crippen LogP contribution < -0.4 is 0 Å². The molecule has 5 nitrogen and oxygen atoms in total. The lowest BCUT2D eigenvalue weighted by molar-refractivity contribution is -0.144. The molecule has 0 saturated carbocycles. The Morgan fingerprint density at radius 1 is 1.42 bits per heavy atom. The number of sulfonamides is 1. The Hall–Kier alpha value is -1.47. The summed E-state index contributed by atoms with van der Waals surface area (Å²) in [4.78, 5) is 11.2. The minimum Gasteiger partial charge on any atom is -0.468 e. The molecule has 1 aliphatic rings. The average Bonchev–Trinajstić information content (AvgIpc) is 2.88. The topological polar surface area (TPSA) is 63.7 Å². The highest BCUT2D eigenvalue weighted by Gasteiger charge is 2.40. The van der Waals surface area contributed by atoms with Gasteiger partial charge in [0.25, 0.3) is 0 Å². The minimum atomic E-state index is -4.02. The molecule has 0 radical (unpaired) electrons. The van der Waals surface area contributed by atoms with Crippen molar-refractivity contribution in [2.24, 2.45) is 0 Å². The van der Waals surface area contributed by atoms with E-state index < -0.39 is 32.7 Å².